The monoisotopic (exact) mass is 178 g/mol. The van der Waals surface area contributed by atoms with E-state index >= 15 is 0 Å². The number of carbonyl (C=O) groups is 1. The predicted molar refractivity (Wildman–Crippen MR) is 52.1 cm³/mol. The van der Waals surface area contributed by atoms with Crippen molar-refractivity contribution in [3.63, 3.8) is 0 Å². The summed E-state index contributed by atoms with van der Waals surface area (Å²) >= 11 is 0. The fourth-order valence-electron chi connectivity index (χ4n) is 1.19. The zero-order valence-electron chi connectivity index (χ0n) is 7.66. The van der Waals surface area contributed by atoms with Gasteiger partial charge in [0, 0.05) is 0 Å². The van der Waals surface area contributed by atoms with Crippen molar-refractivity contribution in [1.82, 2.24) is 0 Å². The highest BCUT2D eigenvalue weighted by Gasteiger charge is 2.09. The largest absolute Gasteiger partial charge is 0.368 e. The van der Waals surface area contributed by atoms with Gasteiger partial charge in [0.15, 0.2) is 0 Å². The van der Waals surface area contributed by atoms with Gasteiger partial charge >= 0.3 is 0 Å². The summed E-state index contributed by atoms with van der Waals surface area (Å²) in [5.74, 6) is -0.457. The summed E-state index contributed by atoms with van der Waals surface area (Å²) in [4.78, 5) is 10.7. The molecule has 0 aromatic heterocycles. The second kappa shape index (κ2) is 4.05. The van der Waals surface area contributed by atoms with E-state index in [0.717, 1.165) is 11.1 Å². The summed E-state index contributed by atoms with van der Waals surface area (Å²) in [5, 5.41) is 0. The van der Waals surface area contributed by atoms with Crippen molar-refractivity contribution in [2.75, 3.05) is 0 Å². The van der Waals surface area contributed by atoms with E-state index in [4.69, 9.17) is 11.5 Å². The molecule has 4 N–H and O–H groups in total. The van der Waals surface area contributed by atoms with Crippen molar-refractivity contribution in [3.05, 3.63) is 35.4 Å². The Balaban J connectivity index is 2.69. The molecule has 0 radical (unpaired) electrons. The maximum absolute atomic E-state index is 10.7. The van der Waals surface area contributed by atoms with Crippen molar-refractivity contribution in [3.8, 4) is 0 Å². The number of rotatable bonds is 3. The minimum atomic E-state index is -0.582. The van der Waals surface area contributed by atoms with Gasteiger partial charge in [-0.15, -0.1) is 0 Å². The molecule has 0 fully saturated rings. The van der Waals surface area contributed by atoms with Crippen LogP contribution in [0.15, 0.2) is 24.3 Å². The van der Waals surface area contributed by atoms with E-state index in [0.29, 0.717) is 6.42 Å². The van der Waals surface area contributed by atoms with Gasteiger partial charge in [-0.25, -0.2) is 0 Å². The molecule has 0 spiro atoms. The number of nitrogens with two attached hydrogens (primary N) is 2. The molecule has 1 aromatic carbocycles. The van der Waals surface area contributed by atoms with Crippen molar-refractivity contribution in [2.45, 2.75) is 19.4 Å². The summed E-state index contributed by atoms with van der Waals surface area (Å²) in [7, 11) is 0. The molecule has 3 nitrogen and oxygen atoms in total. The molecule has 3 heteroatoms. The summed E-state index contributed by atoms with van der Waals surface area (Å²) < 4.78 is 0. The van der Waals surface area contributed by atoms with Crippen LogP contribution in [0.5, 0.6) is 0 Å². The first-order valence-electron chi connectivity index (χ1n) is 4.20. The zero-order valence-corrected chi connectivity index (χ0v) is 7.66. The SMILES string of the molecule is Cc1cccc(CC(N)C(N)=O)c1. The van der Waals surface area contributed by atoms with Crippen LogP contribution in [0, 0.1) is 6.92 Å². The van der Waals surface area contributed by atoms with Gasteiger partial charge in [-0.2, -0.15) is 0 Å². The second-order valence-corrected chi connectivity index (χ2v) is 3.20. The Labute approximate surface area is 77.7 Å². The quantitative estimate of drug-likeness (QED) is 0.701. The van der Waals surface area contributed by atoms with Crippen molar-refractivity contribution in [2.24, 2.45) is 11.5 Å². The van der Waals surface area contributed by atoms with E-state index in [1.807, 2.05) is 31.2 Å². The highest BCUT2D eigenvalue weighted by atomic mass is 16.1. The molecular weight excluding hydrogens is 164 g/mol. The third kappa shape index (κ3) is 2.87. The molecule has 0 aliphatic heterocycles. The third-order valence-electron chi connectivity index (χ3n) is 1.90. The number of benzene rings is 1. The lowest BCUT2D eigenvalue weighted by Crippen LogP contribution is -2.38. The van der Waals surface area contributed by atoms with E-state index in [1.54, 1.807) is 0 Å². The lowest BCUT2D eigenvalue weighted by molar-refractivity contribution is -0.119. The molecule has 0 saturated heterocycles. The lowest BCUT2D eigenvalue weighted by Gasteiger charge is -2.07. The van der Waals surface area contributed by atoms with Crippen LogP contribution >= 0.6 is 0 Å². The van der Waals surface area contributed by atoms with Crippen LogP contribution in [0.2, 0.25) is 0 Å². The van der Waals surface area contributed by atoms with Crippen LogP contribution in [0.3, 0.4) is 0 Å². The van der Waals surface area contributed by atoms with E-state index in [2.05, 4.69) is 0 Å². The molecule has 0 bridgehead atoms. The molecule has 1 unspecified atom stereocenters. The normalized spacial score (nSPS) is 12.5. The first-order valence-corrected chi connectivity index (χ1v) is 4.20. The predicted octanol–water partition coefficient (Wildman–Crippen LogP) is 0.350. The van der Waals surface area contributed by atoms with E-state index in [1.165, 1.54) is 0 Å². The average Bonchev–Trinajstić information content (AvgIpc) is 2.04. The third-order valence-corrected chi connectivity index (χ3v) is 1.90. The van der Waals surface area contributed by atoms with Crippen LogP contribution in [-0.2, 0) is 11.2 Å². The summed E-state index contributed by atoms with van der Waals surface area (Å²) in [6, 6.07) is 7.30. The Kier molecular flexibility index (Phi) is 3.03. The maximum Gasteiger partial charge on any atom is 0.234 e. The summed E-state index contributed by atoms with van der Waals surface area (Å²) in [6.45, 7) is 2.00. The van der Waals surface area contributed by atoms with Crippen LogP contribution in [0.4, 0.5) is 0 Å². The van der Waals surface area contributed by atoms with Crippen LogP contribution in [0.25, 0.3) is 0 Å². The Morgan fingerprint density at radius 2 is 2.23 bits per heavy atom. The molecule has 0 heterocycles. The van der Waals surface area contributed by atoms with Gasteiger partial charge in [-0.3, -0.25) is 4.79 Å². The fraction of sp³-hybridized carbons (Fsp3) is 0.300. The van der Waals surface area contributed by atoms with Crippen LogP contribution < -0.4 is 11.5 Å². The fourth-order valence-corrected chi connectivity index (χ4v) is 1.19. The highest BCUT2D eigenvalue weighted by molar-refractivity contribution is 5.79. The number of hydrogen-bond donors (Lipinski definition) is 2. The van der Waals surface area contributed by atoms with Gasteiger partial charge in [0.2, 0.25) is 5.91 Å². The highest BCUT2D eigenvalue weighted by Crippen LogP contribution is 2.05. The molecule has 1 rings (SSSR count). The molecular formula is C10H14N2O. The zero-order chi connectivity index (χ0) is 9.84. The van der Waals surface area contributed by atoms with Gasteiger partial charge in [0.1, 0.15) is 0 Å². The van der Waals surface area contributed by atoms with E-state index in [-0.39, 0.29) is 0 Å². The molecule has 0 aliphatic carbocycles. The molecule has 70 valence electrons. The van der Waals surface area contributed by atoms with Crippen LogP contribution in [-0.4, -0.2) is 11.9 Å². The molecule has 0 aliphatic rings. The van der Waals surface area contributed by atoms with Gasteiger partial charge in [0.05, 0.1) is 6.04 Å². The number of primary amides is 1. The number of hydrogen-bond acceptors (Lipinski definition) is 2. The minimum Gasteiger partial charge on any atom is -0.368 e. The summed E-state index contributed by atoms with van der Waals surface area (Å²) in [6.07, 6.45) is 0.511. The molecule has 1 amide bonds. The molecule has 1 aromatic rings. The average molecular weight is 178 g/mol. The molecule has 0 saturated carbocycles. The van der Waals surface area contributed by atoms with E-state index < -0.39 is 11.9 Å². The molecule has 1 atom stereocenters. The van der Waals surface area contributed by atoms with Crippen LogP contribution in [0.1, 0.15) is 11.1 Å². The van der Waals surface area contributed by atoms with Gasteiger partial charge in [-0.05, 0) is 18.9 Å². The maximum atomic E-state index is 10.7. The Bertz CT molecular complexity index is 310. The van der Waals surface area contributed by atoms with Gasteiger partial charge in [-0.1, -0.05) is 29.8 Å². The van der Waals surface area contributed by atoms with Gasteiger partial charge in [0.25, 0.3) is 0 Å². The number of carbonyl (C=O) groups excluding carboxylic acids is 1. The molecule has 13 heavy (non-hydrogen) atoms. The Morgan fingerprint density at radius 1 is 1.54 bits per heavy atom. The second-order valence-electron chi connectivity index (χ2n) is 3.20. The Morgan fingerprint density at radius 3 is 2.77 bits per heavy atom. The first kappa shape index (κ1) is 9.74. The number of amides is 1. The first-order chi connectivity index (χ1) is 6.09. The van der Waals surface area contributed by atoms with Crippen molar-refractivity contribution < 1.29 is 4.79 Å². The number of aryl methyl sites for hydroxylation is 1. The van der Waals surface area contributed by atoms with Gasteiger partial charge < -0.3 is 11.5 Å². The Hall–Kier alpha value is -1.35. The van der Waals surface area contributed by atoms with Crippen molar-refractivity contribution >= 4 is 5.91 Å². The summed E-state index contributed by atoms with van der Waals surface area (Å²) in [5.41, 5.74) is 12.8. The standard InChI is InChI=1S/C10H14N2O/c1-7-3-2-4-8(5-7)6-9(11)10(12)13/h2-5,9H,6,11H2,1H3,(H2,12,13). The topological polar surface area (TPSA) is 69.1 Å². The van der Waals surface area contributed by atoms with Crippen molar-refractivity contribution in [1.29, 1.82) is 0 Å². The smallest absolute Gasteiger partial charge is 0.234 e. The van der Waals surface area contributed by atoms with E-state index in [9.17, 15) is 4.79 Å². The lowest BCUT2D eigenvalue weighted by atomic mass is 10.0. The minimum absolute atomic E-state index is 0.457.